The monoisotopic (exact) mass is 230 g/mol. The zero-order chi connectivity index (χ0) is 12.4. The third-order valence-electron chi connectivity index (χ3n) is 3.12. The number of rotatable bonds is 3. The van der Waals surface area contributed by atoms with Crippen LogP contribution < -0.4 is 5.73 Å². The summed E-state index contributed by atoms with van der Waals surface area (Å²) in [6, 6.07) is 4.04. The lowest BCUT2D eigenvalue weighted by atomic mass is 10.1. The summed E-state index contributed by atoms with van der Waals surface area (Å²) < 4.78 is 2.03. The summed E-state index contributed by atoms with van der Waals surface area (Å²) in [5, 5.41) is 0. The number of aromatic nitrogens is 3. The normalized spacial score (nSPS) is 12.7. The highest BCUT2D eigenvalue weighted by Crippen LogP contribution is 2.16. The Hall–Kier alpha value is -1.68. The smallest absolute Gasteiger partial charge is 0.0997 e. The summed E-state index contributed by atoms with van der Waals surface area (Å²) in [5.41, 5.74) is 10.1. The van der Waals surface area contributed by atoms with Crippen LogP contribution in [0.25, 0.3) is 5.69 Å². The van der Waals surface area contributed by atoms with E-state index in [4.69, 9.17) is 5.73 Å². The maximum atomic E-state index is 5.94. The molecule has 0 fully saturated rings. The third-order valence-corrected chi connectivity index (χ3v) is 3.12. The molecule has 0 saturated heterocycles. The molecule has 0 spiro atoms. The second kappa shape index (κ2) is 4.67. The minimum Gasteiger partial charge on any atom is -0.323 e. The van der Waals surface area contributed by atoms with Crippen molar-refractivity contribution in [2.75, 3.05) is 0 Å². The highest BCUT2D eigenvalue weighted by Gasteiger charge is 2.07. The van der Waals surface area contributed by atoms with Crippen LogP contribution in [-0.4, -0.2) is 14.5 Å². The van der Waals surface area contributed by atoms with Gasteiger partial charge in [-0.15, -0.1) is 0 Å². The first-order valence-corrected chi connectivity index (χ1v) is 5.86. The van der Waals surface area contributed by atoms with Crippen molar-refractivity contribution in [3.8, 4) is 5.69 Å². The van der Waals surface area contributed by atoms with E-state index in [1.807, 2.05) is 43.1 Å². The van der Waals surface area contributed by atoms with Gasteiger partial charge >= 0.3 is 0 Å². The molecule has 1 atom stereocenters. The molecule has 0 amide bonds. The zero-order valence-corrected chi connectivity index (χ0v) is 10.5. The van der Waals surface area contributed by atoms with Crippen LogP contribution in [0.2, 0.25) is 0 Å². The molecule has 2 aromatic rings. The van der Waals surface area contributed by atoms with Gasteiger partial charge < -0.3 is 10.3 Å². The van der Waals surface area contributed by atoms with E-state index in [0.717, 1.165) is 29.2 Å². The van der Waals surface area contributed by atoms with Gasteiger partial charge in [0.15, 0.2) is 0 Å². The average molecular weight is 230 g/mol. The SMILES string of the molecule is CC[C@@H](N)c1ccc(-n2cnc(C)c2C)cn1. The Labute approximate surface area is 102 Å². The molecule has 0 aliphatic carbocycles. The molecule has 2 N–H and O–H groups in total. The molecule has 0 bridgehead atoms. The van der Waals surface area contributed by atoms with E-state index in [2.05, 4.69) is 16.9 Å². The molecule has 4 heteroatoms. The Bertz CT molecular complexity index is 499. The Balaban J connectivity index is 2.32. The fraction of sp³-hybridized carbons (Fsp3) is 0.385. The average Bonchev–Trinajstić information content (AvgIpc) is 2.69. The summed E-state index contributed by atoms with van der Waals surface area (Å²) in [6.07, 6.45) is 4.57. The fourth-order valence-corrected chi connectivity index (χ4v) is 1.73. The third kappa shape index (κ3) is 2.22. The molecule has 0 radical (unpaired) electrons. The van der Waals surface area contributed by atoms with E-state index in [1.54, 1.807) is 0 Å². The van der Waals surface area contributed by atoms with Crippen LogP contribution in [0.3, 0.4) is 0 Å². The lowest BCUT2D eigenvalue weighted by molar-refractivity contribution is 0.675. The van der Waals surface area contributed by atoms with Gasteiger partial charge in [-0.3, -0.25) is 4.98 Å². The highest BCUT2D eigenvalue weighted by molar-refractivity contribution is 5.33. The van der Waals surface area contributed by atoms with Crippen LogP contribution in [0, 0.1) is 13.8 Å². The van der Waals surface area contributed by atoms with E-state index < -0.39 is 0 Å². The van der Waals surface area contributed by atoms with Crippen LogP contribution in [-0.2, 0) is 0 Å². The summed E-state index contributed by atoms with van der Waals surface area (Å²) in [4.78, 5) is 8.68. The maximum absolute atomic E-state index is 5.94. The molecular formula is C13H18N4. The van der Waals surface area contributed by atoms with E-state index in [1.165, 1.54) is 0 Å². The first-order chi connectivity index (χ1) is 8.13. The molecule has 0 aliphatic heterocycles. The summed E-state index contributed by atoms with van der Waals surface area (Å²) in [5.74, 6) is 0. The van der Waals surface area contributed by atoms with Gasteiger partial charge in [0.2, 0.25) is 0 Å². The minimum absolute atomic E-state index is 0.0228. The number of nitrogens with zero attached hydrogens (tertiary/aromatic N) is 3. The maximum Gasteiger partial charge on any atom is 0.0997 e. The Morgan fingerprint density at radius 3 is 2.53 bits per heavy atom. The number of hydrogen-bond donors (Lipinski definition) is 1. The molecule has 0 aliphatic rings. The minimum atomic E-state index is 0.0228. The Kier molecular flexibility index (Phi) is 3.24. The van der Waals surface area contributed by atoms with Crippen molar-refractivity contribution in [1.82, 2.24) is 14.5 Å². The van der Waals surface area contributed by atoms with Crippen molar-refractivity contribution in [3.05, 3.63) is 41.7 Å². The molecule has 2 rings (SSSR count). The number of aryl methyl sites for hydroxylation is 1. The molecule has 17 heavy (non-hydrogen) atoms. The molecular weight excluding hydrogens is 212 g/mol. The van der Waals surface area contributed by atoms with Crippen molar-refractivity contribution >= 4 is 0 Å². The highest BCUT2D eigenvalue weighted by atomic mass is 15.1. The Morgan fingerprint density at radius 2 is 2.06 bits per heavy atom. The van der Waals surface area contributed by atoms with E-state index in [0.29, 0.717) is 0 Å². The van der Waals surface area contributed by atoms with Crippen molar-refractivity contribution in [2.24, 2.45) is 5.73 Å². The number of imidazole rings is 1. The first kappa shape index (κ1) is 11.8. The van der Waals surface area contributed by atoms with Gasteiger partial charge in [0.25, 0.3) is 0 Å². The number of pyridine rings is 1. The standard InChI is InChI=1S/C13H18N4/c1-4-12(14)13-6-5-11(7-15-13)17-8-16-9(2)10(17)3/h5-8,12H,4,14H2,1-3H3/t12-/m1/s1. The second-order valence-corrected chi connectivity index (χ2v) is 4.24. The largest absolute Gasteiger partial charge is 0.323 e. The van der Waals surface area contributed by atoms with Crippen LogP contribution in [0.1, 0.15) is 36.5 Å². The van der Waals surface area contributed by atoms with Gasteiger partial charge in [-0.1, -0.05) is 6.92 Å². The van der Waals surface area contributed by atoms with Crippen LogP contribution in [0.15, 0.2) is 24.7 Å². The van der Waals surface area contributed by atoms with Gasteiger partial charge in [-0.05, 0) is 32.4 Å². The van der Waals surface area contributed by atoms with Gasteiger partial charge in [-0.25, -0.2) is 4.98 Å². The quantitative estimate of drug-likeness (QED) is 0.880. The van der Waals surface area contributed by atoms with Crippen LogP contribution in [0.5, 0.6) is 0 Å². The Morgan fingerprint density at radius 1 is 1.29 bits per heavy atom. The number of hydrogen-bond acceptors (Lipinski definition) is 3. The fourth-order valence-electron chi connectivity index (χ4n) is 1.73. The van der Waals surface area contributed by atoms with E-state index >= 15 is 0 Å². The molecule has 4 nitrogen and oxygen atoms in total. The molecule has 90 valence electrons. The van der Waals surface area contributed by atoms with Gasteiger partial charge in [-0.2, -0.15) is 0 Å². The van der Waals surface area contributed by atoms with Crippen molar-refractivity contribution in [1.29, 1.82) is 0 Å². The van der Waals surface area contributed by atoms with Crippen LogP contribution in [0.4, 0.5) is 0 Å². The predicted octanol–water partition coefficient (Wildman–Crippen LogP) is 2.29. The van der Waals surface area contributed by atoms with Gasteiger partial charge in [0, 0.05) is 11.7 Å². The van der Waals surface area contributed by atoms with E-state index in [9.17, 15) is 0 Å². The molecule has 0 saturated carbocycles. The first-order valence-electron chi connectivity index (χ1n) is 5.86. The summed E-state index contributed by atoms with van der Waals surface area (Å²) >= 11 is 0. The lowest BCUT2D eigenvalue weighted by Crippen LogP contribution is -2.10. The van der Waals surface area contributed by atoms with Crippen molar-refractivity contribution < 1.29 is 0 Å². The molecule has 2 aromatic heterocycles. The van der Waals surface area contributed by atoms with E-state index in [-0.39, 0.29) is 6.04 Å². The lowest BCUT2D eigenvalue weighted by Gasteiger charge is -2.10. The molecule has 2 heterocycles. The zero-order valence-electron chi connectivity index (χ0n) is 10.5. The van der Waals surface area contributed by atoms with Gasteiger partial charge in [0.1, 0.15) is 0 Å². The van der Waals surface area contributed by atoms with Crippen molar-refractivity contribution in [3.63, 3.8) is 0 Å². The number of nitrogens with two attached hydrogens (primary N) is 1. The second-order valence-electron chi connectivity index (χ2n) is 4.24. The predicted molar refractivity (Wildman–Crippen MR) is 68.1 cm³/mol. The summed E-state index contributed by atoms with van der Waals surface area (Å²) in [6.45, 7) is 6.11. The van der Waals surface area contributed by atoms with Crippen LogP contribution >= 0.6 is 0 Å². The molecule has 0 unspecified atom stereocenters. The topological polar surface area (TPSA) is 56.7 Å². The molecule has 0 aromatic carbocycles. The van der Waals surface area contributed by atoms with Crippen molar-refractivity contribution in [2.45, 2.75) is 33.2 Å². The van der Waals surface area contributed by atoms with Gasteiger partial charge in [0.05, 0.1) is 29.6 Å². The summed E-state index contributed by atoms with van der Waals surface area (Å²) in [7, 11) is 0.